The number of nitro benzene ring substituents is 1. The van der Waals surface area contributed by atoms with E-state index in [1.807, 2.05) is 0 Å². The molecule has 1 heterocycles. The molecule has 0 spiro atoms. The Balaban J connectivity index is 2.01. The summed E-state index contributed by atoms with van der Waals surface area (Å²) in [6, 6.07) is 6.35. The highest BCUT2D eigenvalue weighted by Gasteiger charge is 2.42. The zero-order valence-electron chi connectivity index (χ0n) is 10.8. The lowest BCUT2D eigenvalue weighted by atomic mass is 9.69. The summed E-state index contributed by atoms with van der Waals surface area (Å²) in [6.45, 7) is 0.450. The van der Waals surface area contributed by atoms with Gasteiger partial charge in [0.15, 0.2) is 0 Å². The molecule has 1 aromatic heterocycles. The summed E-state index contributed by atoms with van der Waals surface area (Å²) in [6.07, 6.45) is 2.92. The van der Waals surface area contributed by atoms with Gasteiger partial charge in [0.1, 0.15) is 5.56 Å². The number of aromatic nitrogens is 2. The minimum absolute atomic E-state index is 0.0322. The molecule has 1 saturated carbocycles. The first kappa shape index (κ1) is 12.7. The predicted molar refractivity (Wildman–Crippen MR) is 71.0 cm³/mol. The van der Waals surface area contributed by atoms with Crippen LogP contribution >= 0.6 is 0 Å². The Hall–Kier alpha value is -2.28. The number of hydrogen-bond donors (Lipinski definition) is 1. The van der Waals surface area contributed by atoms with Crippen molar-refractivity contribution in [2.75, 3.05) is 6.54 Å². The Morgan fingerprint density at radius 2 is 2.15 bits per heavy atom. The Bertz CT molecular complexity index is 643. The summed E-state index contributed by atoms with van der Waals surface area (Å²) < 4.78 is 5.29. The van der Waals surface area contributed by atoms with Crippen LogP contribution in [0.1, 0.15) is 25.2 Å². The molecule has 2 aromatic rings. The number of nitrogens with zero attached hydrogens (tertiary/aromatic N) is 3. The largest absolute Gasteiger partial charge is 0.338 e. The highest BCUT2D eigenvalue weighted by atomic mass is 16.6. The third kappa shape index (κ3) is 1.87. The second kappa shape index (κ2) is 4.68. The van der Waals surface area contributed by atoms with Gasteiger partial charge in [-0.05, 0) is 18.9 Å². The van der Waals surface area contributed by atoms with Crippen molar-refractivity contribution >= 4 is 5.69 Å². The second-order valence-corrected chi connectivity index (χ2v) is 5.04. The van der Waals surface area contributed by atoms with Gasteiger partial charge in [0, 0.05) is 12.6 Å². The average Bonchev–Trinajstić information content (AvgIpc) is 2.88. The lowest BCUT2D eigenvalue weighted by molar-refractivity contribution is -0.384. The molecule has 20 heavy (non-hydrogen) atoms. The molecule has 104 valence electrons. The van der Waals surface area contributed by atoms with Crippen LogP contribution in [-0.4, -0.2) is 21.6 Å². The van der Waals surface area contributed by atoms with Crippen LogP contribution in [0.2, 0.25) is 0 Å². The van der Waals surface area contributed by atoms with Crippen LogP contribution in [0, 0.1) is 10.1 Å². The van der Waals surface area contributed by atoms with Crippen LogP contribution in [0.4, 0.5) is 5.69 Å². The smallest absolute Gasteiger partial charge is 0.280 e. The summed E-state index contributed by atoms with van der Waals surface area (Å²) >= 11 is 0. The first-order chi connectivity index (χ1) is 9.66. The van der Waals surface area contributed by atoms with Crippen LogP contribution in [0.15, 0.2) is 28.8 Å². The molecule has 0 bridgehead atoms. The summed E-state index contributed by atoms with van der Waals surface area (Å²) in [4.78, 5) is 14.9. The Labute approximate surface area is 114 Å². The lowest BCUT2D eigenvalue weighted by Crippen LogP contribution is -2.41. The monoisotopic (exact) mass is 274 g/mol. The van der Waals surface area contributed by atoms with Gasteiger partial charge in [0.25, 0.3) is 5.69 Å². The molecular formula is C13H14N4O3. The van der Waals surface area contributed by atoms with E-state index in [1.54, 1.807) is 18.2 Å². The molecule has 1 fully saturated rings. The van der Waals surface area contributed by atoms with Crippen molar-refractivity contribution < 1.29 is 9.45 Å². The van der Waals surface area contributed by atoms with E-state index < -0.39 is 4.92 Å². The quantitative estimate of drug-likeness (QED) is 0.675. The normalized spacial score (nSPS) is 16.6. The van der Waals surface area contributed by atoms with E-state index in [4.69, 9.17) is 10.3 Å². The summed E-state index contributed by atoms with van der Waals surface area (Å²) in [5, 5.41) is 14.9. The first-order valence-corrected chi connectivity index (χ1v) is 6.44. The standard InChI is InChI=1S/C13H14N4O3/c14-8-13(6-3-7-13)12-15-11(16-20-12)9-4-1-2-5-10(9)17(18)19/h1-2,4-5H,3,6-8,14H2. The van der Waals surface area contributed by atoms with Crippen molar-refractivity contribution in [2.45, 2.75) is 24.7 Å². The first-order valence-electron chi connectivity index (χ1n) is 6.44. The molecule has 1 aliphatic carbocycles. The molecule has 3 rings (SSSR count). The van der Waals surface area contributed by atoms with Crippen molar-refractivity contribution in [2.24, 2.45) is 5.73 Å². The molecule has 0 amide bonds. The molecule has 1 aliphatic rings. The topological polar surface area (TPSA) is 108 Å². The van der Waals surface area contributed by atoms with Crippen LogP contribution in [0.3, 0.4) is 0 Å². The van der Waals surface area contributed by atoms with Gasteiger partial charge in [-0.25, -0.2) is 0 Å². The molecule has 7 heteroatoms. The fourth-order valence-corrected chi connectivity index (χ4v) is 2.48. The Morgan fingerprint density at radius 1 is 1.40 bits per heavy atom. The third-order valence-electron chi connectivity index (χ3n) is 3.92. The maximum absolute atomic E-state index is 11.0. The Kier molecular flexibility index (Phi) is 2.98. The average molecular weight is 274 g/mol. The van der Waals surface area contributed by atoms with E-state index >= 15 is 0 Å². The number of nitro groups is 1. The second-order valence-electron chi connectivity index (χ2n) is 5.04. The molecule has 0 saturated heterocycles. The molecule has 2 N–H and O–H groups in total. The Morgan fingerprint density at radius 3 is 2.75 bits per heavy atom. The van der Waals surface area contributed by atoms with E-state index in [0.717, 1.165) is 19.3 Å². The maximum atomic E-state index is 11.0. The number of hydrogen-bond acceptors (Lipinski definition) is 6. The van der Waals surface area contributed by atoms with E-state index in [1.165, 1.54) is 6.07 Å². The van der Waals surface area contributed by atoms with Gasteiger partial charge < -0.3 is 10.3 Å². The maximum Gasteiger partial charge on any atom is 0.280 e. The van der Waals surface area contributed by atoms with E-state index in [9.17, 15) is 10.1 Å². The number of benzene rings is 1. The molecule has 0 aliphatic heterocycles. The van der Waals surface area contributed by atoms with Crippen molar-refractivity contribution in [3.8, 4) is 11.4 Å². The van der Waals surface area contributed by atoms with E-state index in [2.05, 4.69) is 10.1 Å². The fourth-order valence-electron chi connectivity index (χ4n) is 2.48. The van der Waals surface area contributed by atoms with E-state index in [-0.39, 0.29) is 16.9 Å². The zero-order chi connectivity index (χ0) is 14.2. The third-order valence-corrected chi connectivity index (χ3v) is 3.92. The van der Waals surface area contributed by atoms with Crippen molar-refractivity contribution in [1.82, 2.24) is 10.1 Å². The summed E-state index contributed by atoms with van der Waals surface area (Å²) in [5.41, 5.74) is 5.88. The van der Waals surface area contributed by atoms with Crippen LogP contribution in [0.5, 0.6) is 0 Å². The van der Waals surface area contributed by atoms with Crippen molar-refractivity contribution in [3.05, 3.63) is 40.3 Å². The number of nitrogens with two attached hydrogens (primary N) is 1. The zero-order valence-corrected chi connectivity index (χ0v) is 10.8. The fraction of sp³-hybridized carbons (Fsp3) is 0.385. The van der Waals surface area contributed by atoms with Crippen LogP contribution in [-0.2, 0) is 5.41 Å². The number of para-hydroxylation sites is 1. The van der Waals surface area contributed by atoms with Crippen molar-refractivity contribution in [3.63, 3.8) is 0 Å². The van der Waals surface area contributed by atoms with Crippen LogP contribution < -0.4 is 5.73 Å². The minimum atomic E-state index is -0.451. The van der Waals surface area contributed by atoms with Gasteiger partial charge in [0.05, 0.1) is 10.3 Å². The van der Waals surface area contributed by atoms with Gasteiger partial charge >= 0.3 is 0 Å². The molecular weight excluding hydrogens is 260 g/mol. The highest BCUT2D eigenvalue weighted by Crippen LogP contribution is 2.42. The molecule has 0 radical (unpaired) electrons. The van der Waals surface area contributed by atoms with Gasteiger partial charge in [-0.1, -0.05) is 23.7 Å². The minimum Gasteiger partial charge on any atom is -0.338 e. The van der Waals surface area contributed by atoms with Crippen molar-refractivity contribution in [1.29, 1.82) is 0 Å². The van der Waals surface area contributed by atoms with Gasteiger partial charge in [-0.2, -0.15) is 4.98 Å². The summed E-state index contributed by atoms with van der Waals surface area (Å²) in [7, 11) is 0. The predicted octanol–water partition coefficient (Wildman–Crippen LogP) is 2.03. The number of rotatable bonds is 4. The molecule has 0 unspecified atom stereocenters. The SMILES string of the molecule is NCC1(c2nc(-c3ccccc3[N+](=O)[O-])no2)CCC1. The van der Waals surface area contributed by atoms with Crippen LogP contribution in [0.25, 0.3) is 11.4 Å². The van der Waals surface area contributed by atoms with Gasteiger partial charge in [-0.3, -0.25) is 10.1 Å². The molecule has 1 aromatic carbocycles. The highest BCUT2D eigenvalue weighted by molar-refractivity contribution is 5.67. The van der Waals surface area contributed by atoms with Gasteiger partial charge in [-0.15, -0.1) is 0 Å². The van der Waals surface area contributed by atoms with E-state index in [0.29, 0.717) is 18.0 Å². The lowest BCUT2D eigenvalue weighted by Gasteiger charge is -2.36. The molecule has 7 nitrogen and oxygen atoms in total. The summed E-state index contributed by atoms with van der Waals surface area (Å²) in [5.74, 6) is 0.728. The van der Waals surface area contributed by atoms with Gasteiger partial charge in [0.2, 0.25) is 11.7 Å². The molecule has 0 atom stereocenters.